The largest absolute Gasteiger partial charge is 0.507 e. The number of ketones is 2. The summed E-state index contributed by atoms with van der Waals surface area (Å²) in [5.74, 6) is -3.37. The van der Waals surface area contributed by atoms with Gasteiger partial charge in [-0.2, -0.15) is 0 Å². The van der Waals surface area contributed by atoms with Gasteiger partial charge < -0.3 is 14.3 Å². The monoisotopic (exact) mass is 372 g/mol. The fourth-order valence-electron chi connectivity index (χ4n) is 2.72. The van der Waals surface area contributed by atoms with Gasteiger partial charge in [-0.1, -0.05) is 6.08 Å². The number of fused-ring (bicyclic) bond motifs is 1. The fourth-order valence-corrected chi connectivity index (χ4v) is 2.72. The van der Waals surface area contributed by atoms with Crippen LogP contribution in [-0.2, 0) is 20.7 Å². The molecular weight excluding hydrogens is 352 g/mol. The molecule has 0 aliphatic heterocycles. The molecule has 0 unspecified atom stereocenters. The summed E-state index contributed by atoms with van der Waals surface area (Å²) in [5.41, 5.74) is -0.0753. The maximum Gasteiger partial charge on any atom is 0.375 e. The number of carbonyl (C=O) groups is 3. The van der Waals surface area contributed by atoms with Crippen LogP contribution in [0.25, 0.3) is 11.0 Å². The van der Waals surface area contributed by atoms with Crippen LogP contribution in [0.2, 0.25) is 0 Å². The molecule has 0 radical (unpaired) electrons. The second-order valence-corrected chi connectivity index (χ2v) is 5.96. The lowest BCUT2D eigenvalue weighted by atomic mass is 9.95. The SMILES string of the molecule is C=CCCc1cc2c(C)cc(=O)oc2c(C(=O)CC(=O)C(=O)OCC)c1O. The van der Waals surface area contributed by atoms with Gasteiger partial charge in [-0.15, -0.1) is 6.58 Å². The molecule has 0 aliphatic rings. The summed E-state index contributed by atoms with van der Waals surface area (Å²) in [7, 11) is 0. The average Bonchev–Trinajstić information content (AvgIpc) is 2.60. The van der Waals surface area contributed by atoms with Gasteiger partial charge in [0.15, 0.2) is 11.4 Å². The van der Waals surface area contributed by atoms with Crippen molar-refractivity contribution in [1.82, 2.24) is 0 Å². The topological polar surface area (TPSA) is 111 Å². The van der Waals surface area contributed by atoms with Crippen molar-refractivity contribution in [2.45, 2.75) is 33.1 Å². The van der Waals surface area contributed by atoms with Crippen LogP contribution in [0.15, 0.2) is 34.0 Å². The highest BCUT2D eigenvalue weighted by Gasteiger charge is 2.26. The Hall–Kier alpha value is -3.22. The molecule has 1 heterocycles. The third-order valence-corrected chi connectivity index (χ3v) is 4.01. The first-order chi connectivity index (χ1) is 12.8. The van der Waals surface area contributed by atoms with Crippen molar-refractivity contribution in [1.29, 1.82) is 0 Å². The van der Waals surface area contributed by atoms with Gasteiger partial charge in [0.05, 0.1) is 13.0 Å². The van der Waals surface area contributed by atoms with E-state index in [1.165, 1.54) is 13.0 Å². The first-order valence-electron chi connectivity index (χ1n) is 8.43. The first kappa shape index (κ1) is 20.1. The van der Waals surface area contributed by atoms with Crippen molar-refractivity contribution in [2.75, 3.05) is 6.61 Å². The van der Waals surface area contributed by atoms with Crippen molar-refractivity contribution in [2.24, 2.45) is 0 Å². The van der Waals surface area contributed by atoms with Crippen LogP contribution in [0.4, 0.5) is 0 Å². The molecular formula is C20H20O7. The number of hydrogen-bond donors (Lipinski definition) is 1. The van der Waals surface area contributed by atoms with Gasteiger partial charge in [0, 0.05) is 11.5 Å². The molecule has 0 fully saturated rings. The summed E-state index contributed by atoms with van der Waals surface area (Å²) in [6.45, 7) is 6.83. The van der Waals surface area contributed by atoms with E-state index in [0.29, 0.717) is 29.4 Å². The molecule has 0 bridgehead atoms. The number of hydrogen-bond acceptors (Lipinski definition) is 7. The molecule has 1 aromatic carbocycles. The average molecular weight is 372 g/mol. The van der Waals surface area contributed by atoms with Gasteiger partial charge >= 0.3 is 11.6 Å². The Bertz CT molecular complexity index is 982. The summed E-state index contributed by atoms with van der Waals surface area (Å²) in [6, 6.07) is 2.91. The molecule has 7 nitrogen and oxygen atoms in total. The second-order valence-electron chi connectivity index (χ2n) is 5.96. The molecule has 1 N–H and O–H groups in total. The van der Waals surface area contributed by atoms with E-state index >= 15 is 0 Å². The number of aryl methyl sites for hydroxylation is 2. The number of phenolic OH excluding ortho intramolecular Hbond substituents is 1. The molecule has 2 aromatic rings. The van der Waals surface area contributed by atoms with E-state index in [1.807, 2.05) is 0 Å². The Morgan fingerprint density at radius 1 is 1.30 bits per heavy atom. The molecule has 7 heteroatoms. The van der Waals surface area contributed by atoms with Crippen LogP contribution in [0, 0.1) is 6.92 Å². The summed E-state index contributed by atoms with van der Waals surface area (Å²) >= 11 is 0. The Morgan fingerprint density at radius 2 is 2.00 bits per heavy atom. The number of esters is 1. The van der Waals surface area contributed by atoms with Gasteiger partial charge in [-0.05, 0) is 43.9 Å². The summed E-state index contributed by atoms with van der Waals surface area (Å²) in [6.07, 6.45) is 1.80. The standard InChI is InChI=1S/C20H20O7/c1-4-6-7-12-9-13-11(3)8-16(23)27-19(13)17(18(12)24)14(21)10-15(22)20(25)26-5-2/h4,8-9,24H,1,5-7,10H2,2-3H3. The fraction of sp³-hybridized carbons (Fsp3) is 0.300. The van der Waals surface area contributed by atoms with E-state index in [-0.39, 0.29) is 23.5 Å². The zero-order valence-electron chi connectivity index (χ0n) is 15.2. The Morgan fingerprint density at radius 3 is 2.63 bits per heavy atom. The molecule has 0 atom stereocenters. The highest BCUT2D eigenvalue weighted by Crippen LogP contribution is 2.34. The van der Waals surface area contributed by atoms with Gasteiger partial charge in [-0.25, -0.2) is 9.59 Å². The van der Waals surface area contributed by atoms with Gasteiger partial charge in [-0.3, -0.25) is 9.59 Å². The van der Waals surface area contributed by atoms with Crippen LogP contribution in [0.5, 0.6) is 5.75 Å². The molecule has 0 saturated carbocycles. The first-order valence-corrected chi connectivity index (χ1v) is 8.43. The van der Waals surface area contributed by atoms with Crippen molar-refractivity contribution in [3.63, 3.8) is 0 Å². The number of carbonyl (C=O) groups excluding carboxylic acids is 3. The minimum atomic E-state index is -1.13. The number of rotatable bonds is 8. The third-order valence-electron chi connectivity index (χ3n) is 4.01. The lowest BCUT2D eigenvalue weighted by Gasteiger charge is -2.12. The van der Waals surface area contributed by atoms with Crippen molar-refractivity contribution in [3.8, 4) is 5.75 Å². The van der Waals surface area contributed by atoms with E-state index in [0.717, 1.165) is 0 Å². The summed E-state index contributed by atoms with van der Waals surface area (Å²) in [5, 5.41) is 11.0. The molecule has 0 saturated heterocycles. The van der Waals surface area contributed by atoms with Gasteiger partial charge in [0.25, 0.3) is 0 Å². The number of aromatic hydroxyl groups is 1. The maximum atomic E-state index is 12.7. The second kappa shape index (κ2) is 8.44. The Kier molecular flexibility index (Phi) is 6.28. The minimum Gasteiger partial charge on any atom is -0.507 e. The molecule has 27 heavy (non-hydrogen) atoms. The number of phenols is 1. The molecule has 0 aliphatic carbocycles. The number of benzene rings is 1. The van der Waals surface area contributed by atoms with Crippen molar-refractivity contribution in [3.05, 3.63) is 51.9 Å². The number of Topliss-reactive ketones (excluding diaryl/α,β-unsaturated/α-hetero) is 2. The third kappa shape index (κ3) is 4.31. The lowest BCUT2D eigenvalue weighted by Crippen LogP contribution is -2.21. The summed E-state index contributed by atoms with van der Waals surface area (Å²) in [4.78, 5) is 47.8. The molecule has 142 valence electrons. The molecule has 1 aromatic heterocycles. The van der Waals surface area contributed by atoms with E-state index in [2.05, 4.69) is 11.3 Å². The van der Waals surface area contributed by atoms with Gasteiger partial charge in [0.2, 0.25) is 5.78 Å². The normalized spacial score (nSPS) is 10.6. The minimum absolute atomic E-state index is 0.00193. The molecule has 0 amide bonds. The van der Waals surface area contributed by atoms with E-state index in [4.69, 9.17) is 4.42 Å². The zero-order chi connectivity index (χ0) is 20.1. The lowest BCUT2D eigenvalue weighted by molar-refractivity contribution is -0.153. The van der Waals surface area contributed by atoms with Crippen molar-refractivity contribution < 1.29 is 28.6 Å². The highest BCUT2D eigenvalue weighted by atomic mass is 16.5. The van der Waals surface area contributed by atoms with E-state index in [1.54, 1.807) is 19.1 Å². The van der Waals surface area contributed by atoms with Gasteiger partial charge in [0.1, 0.15) is 11.3 Å². The highest BCUT2D eigenvalue weighted by molar-refractivity contribution is 6.38. The predicted octanol–water partition coefficient (Wildman–Crippen LogP) is 2.63. The smallest absolute Gasteiger partial charge is 0.375 e. The van der Waals surface area contributed by atoms with Crippen LogP contribution < -0.4 is 5.63 Å². The van der Waals surface area contributed by atoms with Crippen molar-refractivity contribution >= 4 is 28.5 Å². The summed E-state index contributed by atoms with van der Waals surface area (Å²) < 4.78 is 9.73. The number of allylic oxidation sites excluding steroid dienone is 1. The molecule has 2 rings (SSSR count). The van der Waals surface area contributed by atoms with Crippen LogP contribution in [0.1, 0.15) is 41.3 Å². The van der Waals surface area contributed by atoms with Crippen LogP contribution >= 0.6 is 0 Å². The zero-order valence-corrected chi connectivity index (χ0v) is 15.2. The van der Waals surface area contributed by atoms with E-state index in [9.17, 15) is 24.3 Å². The molecule has 0 spiro atoms. The Labute approximate surface area is 155 Å². The number of ether oxygens (including phenoxy) is 1. The van der Waals surface area contributed by atoms with Crippen LogP contribution in [-0.4, -0.2) is 29.2 Å². The predicted molar refractivity (Wildman–Crippen MR) is 98.0 cm³/mol. The van der Waals surface area contributed by atoms with Crippen LogP contribution in [0.3, 0.4) is 0 Å². The quantitative estimate of drug-likeness (QED) is 0.189. The maximum absolute atomic E-state index is 12.7. The Balaban J connectivity index is 2.61. The van der Waals surface area contributed by atoms with E-state index < -0.39 is 29.6 Å².